The predicted molar refractivity (Wildman–Crippen MR) is 81.4 cm³/mol. The molecule has 0 aromatic heterocycles. The van der Waals surface area contributed by atoms with Crippen LogP contribution in [0.3, 0.4) is 0 Å². The molecule has 0 saturated carbocycles. The van der Waals surface area contributed by atoms with Gasteiger partial charge >= 0.3 is 0 Å². The minimum absolute atomic E-state index is 0.192. The maximum atomic E-state index is 3.87. The van der Waals surface area contributed by atoms with Gasteiger partial charge in [-0.1, -0.05) is 65.1 Å². The molecule has 0 aliphatic heterocycles. The van der Waals surface area contributed by atoms with Gasteiger partial charge in [0.25, 0.3) is 0 Å². The first-order chi connectivity index (χ1) is 7.68. The molecular formula is C15H29NSi. The first-order valence-electron chi connectivity index (χ1n) is 6.81. The highest BCUT2D eigenvalue weighted by molar-refractivity contribution is 6.57. The zero-order chi connectivity index (χ0) is 13.3. The molecule has 0 spiro atoms. The molecule has 2 heteroatoms. The molecule has 0 aromatic rings. The van der Waals surface area contributed by atoms with Crippen molar-refractivity contribution < 1.29 is 0 Å². The van der Waals surface area contributed by atoms with Gasteiger partial charge < -0.3 is 5.32 Å². The zero-order valence-corrected chi connectivity index (χ0v) is 13.7. The van der Waals surface area contributed by atoms with Crippen molar-refractivity contribution in [2.45, 2.75) is 64.8 Å². The third-order valence-corrected chi connectivity index (χ3v) is 7.35. The van der Waals surface area contributed by atoms with Crippen LogP contribution in [0.4, 0.5) is 0 Å². The maximum Gasteiger partial charge on any atom is 0.0446 e. The van der Waals surface area contributed by atoms with E-state index in [0.717, 1.165) is 5.54 Å². The lowest BCUT2D eigenvalue weighted by atomic mass is 9.72. The molecule has 0 heterocycles. The Morgan fingerprint density at radius 1 is 1.06 bits per heavy atom. The summed E-state index contributed by atoms with van der Waals surface area (Å²) in [5.41, 5.74) is 1.23. The number of allylic oxidation sites excluding steroid dienone is 2. The van der Waals surface area contributed by atoms with E-state index in [-0.39, 0.29) is 11.0 Å². The van der Waals surface area contributed by atoms with Gasteiger partial charge in [0.15, 0.2) is 0 Å². The summed E-state index contributed by atoms with van der Waals surface area (Å²) in [6.45, 7) is 16.8. The van der Waals surface area contributed by atoms with Gasteiger partial charge in [-0.3, -0.25) is 0 Å². The Bertz CT molecular complexity index is 299. The standard InChI is InChI=1S/C15H29NSi/c1-12(17(6)7)15(5,14(2,3)4)16-13-10-8-9-11-13/h8-13,16-17H,1-7H3. The van der Waals surface area contributed by atoms with Crippen LogP contribution in [0.5, 0.6) is 0 Å². The smallest absolute Gasteiger partial charge is 0.0446 e. The molecule has 1 N–H and O–H groups in total. The Kier molecular flexibility index (Phi) is 4.42. The maximum absolute atomic E-state index is 3.87. The number of rotatable bonds is 4. The highest BCUT2D eigenvalue weighted by Crippen LogP contribution is 2.41. The van der Waals surface area contributed by atoms with Crippen molar-refractivity contribution in [3.63, 3.8) is 0 Å². The van der Waals surface area contributed by atoms with Crippen LogP contribution < -0.4 is 5.32 Å². The Labute approximate surface area is 109 Å². The number of hydrogen-bond acceptors (Lipinski definition) is 1. The second-order valence-electron chi connectivity index (χ2n) is 6.92. The van der Waals surface area contributed by atoms with Gasteiger partial charge in [-0.05, 0) is 17.9 Å². The molecule has 0 radical (unpaired) electrons. The van der Waals surface area contributed by atoms with E-state index in [0.29, 0.717) is 6.04 Å². The van der Waals surface area contributed by atoms with Crippen molar-refractivity contribution in [2.75, 3.05) is 0 Å². The molecule has 2 unspecified atom stereocenters. The molecule has 98 valence electrons. The summed E-state index contributed by atoms with van der Waals surface area (Å²) in [5, 5.41) is 3.87. The second-order valence-corrected chi connectivity index (χ2v) is 10.4. The van der Waals surface area contributed by atoms with E-state index in [1.165, 1.54) is 0 Å². The van der Waals surface area contributed by atoms with Crippen LogP contribution in [0, 0.1) is 5.41 Å². The zero-order valence-electron chi connectivity index (χ0n) is 12.5. The van der Waals surface area contributed by atoms with Gasteiger partial charge in [-0.2, -0.15) is 0 Å². The Morgan fingerprint density at radius 3 is 1.88 bits per heavy atom. The Morgan fingerprint density at radius 2 is 1.53 bits per heavy atom. The summed E-state index contributed by atoms with van der Waals surface area (Å²) < 4.78 is 0. The van der Waals surface area contributed by atoms with Gasteiger partial charge in [0.05, 0.1) is 0 Å². The van der Waals surface area contributed by atoms with Crippen molar-refractivity contribution >= 4 is 8.80 Å². The second kappa shape index (κ2) is 5.11. The summed E-state index contributed by atoms with van der Waals surface area (Å²) in [7, 11) is -0.661. The predicted octanol–water partition coefficient (Wildman–Crippen LogP) is 3.75. The van der Waals surface area contributed by atoms with Crippen molar-refractivity contribution in [3.05, 3.63) is 24.3 Å². The molecule has 1 rings (SSSR count). The van der Waals surface area contributed by atoms with Gasteiger partial charge in [0, 0.05) is 20.4 Å². The SMILES string of the molecule is CC([SiH](C)C)C(C)(NC1C=CC=C1)C(C)(C)C. The van der Waals surface area contributed by atoms with E-state index < -0.39 is 8.80 Å². The molecule has 2 atom stereocenters. The van der Waals surface area contributed by atoms with Crippen LogP contribution in [0.2, 0.25) is 18.6 Å². The lowest BCUT2D eigenvalue weighted by molar-refractivity contribution is 0.146. The molecule has 1 aliphatic carbocycles. The summed E-state index contributed by atoms with van der Waals surface area (Å²) in [6, 6.07) is 0.412. The molecule has 17 heavy (non-hydrogen) atoms. The van der Waals surface area contributed by atoms with Crippen molar-refractivity contribution in [1.29, 1.82) is 0 Å². The third-order valence-electron chi connectivity index (χ3n) is 4.68. The van der Waals surface area contributed by atoms with Crippen LogP contribution in [0.25, 0.3) is 0 Å². The van der Waals surface area contributed by atoms with E-state index in [9.17, 15) is 0 Å². The fourth-order valence-corrected chi connectivity index (χ4v) is 4.50. The Hall–Kier alpha value is -0.343. The average molecular weight is 251 g/mol. The van der Waals surface area contributed by atoms with E-state index in [2.05, 4.69) is 77.3 Å². The van der Waals surface area contributed by atoms with Gasteiger partial charge in [-0.25, -0.2) is 0 Å². The molecule has 0 bridgehead atoms. The van der Waals surface area contributed by atoms with Gasteiger partial charge in [0.2, 0.25) is 0 Å². The average Bonchev–Trinajstić information content (AvgIpc) is 2.67. The van der Waals surface area contributed by atoms with E-state index in [1.807, 2.05) is 0 Å². The minimum Gasteiger partial charge on any atom is -0.301 e. The lowest BCUT2D eigenvalue weighted by Gasteiger charge is -2.50. The summed E-state index contributed by atoms with van der Waals surface area (Å²) >= 11 is 0. The van der Waals surface area contributed by atoms with Crippen LogP contribution in [0.15, 0.2) is 24.3 Å². The molecule has 1 aliphatic rings. The monoisotopic (exact) mass is 251 g/mol. The molecule has 0 fully saturated rings. The molecular weight excluding hydrogens is 222 g/mol. The first kappa shape index (κ1) is 14.7. The van der Waals surface area contributed by atoms with Crippen molar-refractivity contribution in [2.24, 2.45) is 5.41 Å². The summed E-state index contributed by atoms with van der Waals surface area (Å²) in [6.07, 6.45) is 8.77. The topological polar surface area (TPSA) is 12.0 Å². The quantitative estimate of drug-likeness (QED) is 0.750. The van der Waals surface area contributed by atoms with E-state index in [1.54, 1.807) is 0 Å². The van der Waals surface area contributed by atoms with E-state index in [4.69, 9.17) is 0 Å². The van der Waals surface area contributed by atoms with Crippen LogP contribution in [0.1, 0.15) is 34.6 Å². The fraction of sp³-hybridized carbons (Fsp3) is 0.733. The highest BCUT2D eigenvalue weighted by atomic mass is 28.3. The summed E-state index contributed by atoms with van der Waals surface area (Å²) in [5.74, 6) is 0. The first-order valence-corrected chi connectivity index (χ1v) is 9.79. The minimum atomic E-state index is -0.661. The largest absolute Gasteiger partial charge is 0.301 e. The number of nitrogens with one attached hydrogen (secondary N) is 1. The van der Waals surface area contributed by atoms with Crippen molar-refractivity contribution in [1.82, 2.24) is 5.32 Å². The molecule has 0 saturated heterocycles. The normalized spacial score (nSPS) is 22.1. The molecule has 1 nitrogen and oxygen atoms in total. The molecule has 0 aromatic carbocycles. The van der Waals surface area contributed by atoms with Gasteiger partial charge in [-0.15, -0.1) is 0 Å². The van der Waals surface area contributed by atoms with E-state index >= 15 is 0 Å². The van der Waals surface area contributed by atoms with Crippen molar-refractivity contribution in [3.8, 4) is 0 Å². The number of hydrogen-bond donors (Lipinski definition) is 1. The van der Waals surface area contributed by atoms with Crippen LogP contribution >= 0.6 is 0 Å². The lowest BCUT2D eigenvalue weighted by Crippen LogP contribution is -2.59. The van der Waals surface area contributed by atoms with Crippen LogP contribution in [-0.2, 0) is 0 Å². The third kappa shape index (κ3) is 3.11. The highest BCUT2D eigenvalue weighted by Gasteiger charge is 2.43. The fourth-order valence-electron chi connectivity index (χ4n) is 2.57. The van der Waals surface area contributed by atoms with Crippen LogP contribution in [-0.4, -0.2) is 20.4 Å². The Balaban J connectivity index is 2.93. The van der Waals surface area contributed by atoms with Gasteiger partial charge in [0.1, 0.15) is 0 Å². The molecule has 0 amide bonds. The summed E-state index contributed by atoms with van der Waals surface area (Å²) in [4.78, 5) is 0.